The second kappa shape index (κ2) is 4.74. The lowest BCUT2D eigenvalue weighted by Crippen LogP contribution is -2.44. The van der Waals surface area contributed by atoms with Gasteiger partial charge in [0.05, 0.1) is 0 Å². The van der Waals surface area contributed by atoms with Crippen LogP contribution in [0, 0.1) is 0 Å². The fourth-order valence-corrected chi connectivity index (χ4v) is 3.08. The van der Waals surface area contributed by atoms with Crippen molar-refractivity contribution < 1.29 is 0 Å². The highest BCUT2D eigenvalue weighted by Crippen LogP contribution is 2.44. The van der Waals surface area contributed by atoms with Crippen LogP contribution in [-0.4, -0.2) is 6.54 Å². The predicted molar refractivity (Wildman–Crippen MR) is 83.9 cm³/mol. The highest BCUT2D eigenvalue weighted by Gasteiger charge is 2.39. The van der Waals surface area contributed by atoms with Gasteiger partial charge in [0.1, 0.15) is 11.4 Å². The molecule has 3 rings (SSSR count). The van der Waals surface area contributed by atoms with Crippen LogP contribution < -0.4 is 21.9 Å². The average molecular weight is 335 g/mol. The van der Waals surface area contributed by atoms with Gasteiger partial charge in [-0.05, 0) is 30.5 Å². The zero-order valence-electron chi connectivity index (χ0n) is 10.9. The van der Waals surface area contributed by atoms with Crippen LogP contribution in [0.5, 0.6) is 0 Å². The minimum atomic E-state index is -0.571. The minimum Gasteiger partial charge on any atom is -0.394 e. The fourth-order valence-electron chi connectivity index (χ4n) is 2.82. The Morgan fingerprint density at radius 3 is 2.30 bits per heavy atom. The minimum absolute atomic E-state index is 0.0485. The summed E-state index contributed by atoms with van der Waals surface area (Å²) in [5.41, 5.74) is 6.15. The maximum Gasteiger partial charge on any atom is 0.253 e. The van der Waals surface area contributed by atoms with E-state index in [-0.39, 0.29) is 11.1 Å². The van der Waals surface area contributed by atoms with Gasteiger partial charge in [0, 0.05) is 16.4 Å². The van der Waals surface area contributed by atoms with Crippen LogP contribution >= 0.6 is 15.9 Å². The molecule has 0 atom stereocenters. The average Bonchev–Trinajstić information content (AvgIpc) is 2.42. The Hall–Kier alpha value is -1.62. The van der Waals surface area contributed by atoms with Crippen molar-refractivity contribution in [2.24, 2.45) is 0 Å². The molecule has 0 radical (unpaired) electrons. The lowest BCUT2D eigenvalue weighted by Gasteiger charge is -2.43. The summed E-state index contributed by atoms with van der Waals surface area (Å²) in [6.45, 7) is 0.643. The van der Waals surface area contributed by atoms with E-state index in [4.69, 9.17) is 5.73 Å². The summed E-state index contributed by atoms with van der Waals surface area (Å²) in [6, 6.07) is 8.27. The molecule has 0 unspecified atom stereocenters. The molecular weight excluding hydrogens is 320 g/mol. The van der Waals surface area contributed by atoms with Crippen molar-refractivity contribution in [2.75, 3.05) is 17.6 Å². The molecule has 0 aromatic heterocycles. The second-order valence-electron chi connectivity index (χ2n) is 5.44. The summed E-state index contributed by atoms with van der Waals surface area (Å²) in [7, 11) is 0. The lowest BCUT2D eigenvalue weighted by atomic mass is 9.64. The summed E-state index contributed by atoms with van der Waals surface area (Å²) in [4.78, 5) is 22.5. The Balaban J connectivity index is 1.79. The fraction of sp³-hybridized carbons (Fsp3) is 0.333. The number of nitrogens with one attached hydrogen (secondary N) is 1. The van der Waals surface area contributed by atoms with Crippen LogP contribution in [0.2, 0.25) is 0 Å². The van der Waals surface area contributed by atoms with E-state index < -0.39 is 10.9 Å². The van der Waals surface area contributed by atoms with Gasteiger partial charge in [-0.3, -0.25) is 9.59 Å². The molecule has 3 N–H and O–H groups in total. The molecule has 1 aliphatic carbocycles. The molecule has 0 aliphatic heterocycles. The van der Waals surface area contributed by atoms with Crippen LogP contribution in [0.15, 0.2) is 38.3 Å². The highest BCUT2D eigenvalue weighted by molar-refractivity contribution is 9.10. The quantitative estimate of drug-likeness (QED) is 0.840. The van der Waals surface area contributed by atoms with Crippen LogP contribution in [0.25, 0.3) is 0 Å². The number of hydrogen-bond acceptors (Lipinski definition) is 4. The van der Waals surface area contributed by atoms with E-state index in [9.17, 15) is 9.59 Å². The predicted octanol–water partition coefficient (Wildman–Crippen LogP) is 2.16. The zero-order valence-corrected chi connectivity index (χ0v) is 12.5. The van der Waals surface area contributed by atoms with E-state index in [2.05, 4.69) is 33.4 Å². The van der Waals surface area contributed by atoms with Crippen molar-refractivity contribution in [1.29, 1.82) is 0 Å². The maximum atomic E-state index is 11.4. The molecule has 0 heterocycles. The summed E-state index contributed by atoms with van der Waals surface area (Å²) >= 11 is 3.44. The molecule has 1 saturated carbocycles. The maximum absolute atomic E-state index is 11.4. The first kappa shape index (κ1) is 13.4. The summed E-state index contributed by atoms with van der Waals surface area (Å²) in [5, 5.41) is 3.08. The standard InChI is InChI=1S/C15H15BrN2O2/c16-10-4-2-9(3-5-10)15(6-1-7-15)8-18-12-11(17)13(19)14(12)20/h2-5,18H,1,6-8,17H2. The van der Waals surface area contributed by atoms with Crippen molar-refractivity contribution in [3.63, 3.8) is 0 Å². The van der Waals surface area contributed by atoms with Crippen LogP contribution in [0.3, 0.4) is 0 Å². The SMILES string of the molecule is Nc1c(NCC2(c3ccc(Br)cc3)CCC2)c(=O)c1=O. The number of anilines is 2. The van der Waals surface area contributed by atoms with Crippen molar-refractivity contribution in [2.45, 2.75) is 24.7 Å². The molecular formula is C15H15BrN2O2. The van der Waals surface area contributed by atoms with E-state index in [1.165, 1.54) is 12.0 Å². The van der Waals surface area contributed by atoms with E-state index in [0.717, 1.165) is 17.3 Å². The number of benzene rings is 1. The first-order valence-corrected chi connectivity index (χ1v) is 7.41. The van der Waals surface area contributed by atoms with Gasteiger partial charge in [0.25, 0.3) is 10.9 Å². The van der Waals surface area contributed by atoms with Gasteiger partial charge >= 0.3 is 0 Å². The molecule has 1 fully saturated rings. The van der Waals surface area contributed by atoms with Gasteiger partial charge in [-0.2, -0.15) is 0 Å². The molecule has 0 saturated heterocycles. The first-order valence-electron chi connectivity index (χ1n) is 6.62. The molecule has 2 aromatic carbocycles. The lowest BCUT2D eigenvalue weighted by molar-refractivity contribution is 0.260. The van der Waals surface area contributed by atoms with E-state index >= 15 is 0 Å². The number of halogens is 1. The monoisotopic (exact) mass is 334 g/mol. The van der Waals surface area contributed by atoms with E-state index in [1.54, 1.807) is 0 Å². The number of rotatable bonds is 4. The molecule has 0 spiro atoms. The van der Waals surface area contributed by atoms with Gasteiger partial charge in [-0.25, -0.2) is 0 Å². The topological polar surface area (TPSA) is 72.2 Å². The molecule has 4 nitrogen and oxygen atoms in total. The number of nitrogens with two attached hydrogens (primary N) is 1. The van der Waals surface area contributed by atoms with Crippen LogP contribution in [-0.2, 0) is 5.41 Å². The van der Waals surface area contributed by atoms with Gasteiger partial charge in [-0.15, -0.1) is 0 Å². The molecule has 1 aliphatic rings. The molecule has 2 aromatic rings. The van der Waals surface area contributed by atoms with E-state index in [0.29, 0.717) is 12.2 Å². The Kier molecular flexibility index (Phi) is 3.17. The number of hydrogen-bond donors (Lipinski definition) is 2. The molecule has 5 heteroatoms. The normalized spacial score (nSPS) is 16.9. The Morgan fingerprint density at radius 1 is 1.15 bits per heavy atom. The van der Waals surface area contributed by atoms with Gasteiger partial charge in [0.15, 0.2) is 0 Å². The second-order valence-corrected chi connectivity index (χ2v) is 6.36. The van der Waals surface area contributed by atoms with Crippen LogP contribution in [0.1, 0.15) is 24.8 Å². The summed E-state index contributed by atoms with van der Waals surface area (Å²) in [6.07, 6.45) is 3.34. The summed E-state index contributed by atoms with van der Waals surface area (Å²) < 4.78 is 1.05. The Labute approximate surface area is 124 Å². The highest BCUT2D eigenvalue weighted by atomic mass is 79.9. The third-order valence-electron chi connectivity index (χ3n) is 4.32. The van der Waals surface area contributed by atoms with Gasteiger partial charge in [-0.1, -0.05) is 34.5 Å². The zero-order chi connectivity index (χ0) is 14.3. The third kappa shape index (κ3) is 1.97. The van der Waals surface area contributed by atoms with E-state index in [1.807, 2.05) is 12.1 Å². The molecule has 0 amide bonds. The Bertz CT molecular complexity index is 710. The number of nitrogen functional groups attached to an aromatic ring is 1. The Morgan fingerprint density at radius 2 is 1.80 bits per heavy atom. The first-order chi connectivity index (χ1) is 9.53. The molecule has 20 heavy (non-hydrogen) atoms. The van der Waals surface area contributed by atoms with Crippen molar-refractivity contribution in [1.82, 2.24) is 0 Å². The molecule has 104 valence electrons. The van der Waals surface area contributed by atoms with Crippen molar-refractivity contribution in [3.05, 3.63) is 54.7 Å². The third-order valence-corrected chi connectivity index (χ3v) is 4.85. The smallest absolute Gasteiger partial charge is 0.253 e. The molecule has 0 bridgehead atoms. The van der Waals surface area contributed by atoms with Crippen molar-refractivity contribution >= 4 is 27.3 Å². The largest absolute Gasteiger partial charge is 0.394 e. The van der Waals surface area contributed by atoms with Crippen LogP contribution in [0.4, 0.5) is 11.4 Å². The van der Waals surface area contributed by atoms with Crippen molar-refractivity contribution in [3.8, 4) is 0 Å². The van der Waals surface area contributed by atoms with Gasteiger partial charge < -0.3 is 11.1 Å². The summed E-state index contributed by atoms with van der Waals surface area (Å²) in [5.74, 6) is 0. The van der Waals surface area contributed by atoms with Gasteiger partial charge in [0.2, 0.25) is 0 Å².